The van der Waals surface area contributed by atoms with E-state index in [0.717, 1.165) is 19.5 Å². The molecule has 1 heterocycles. The highest BCUT2D eigenvalue weighted by Gasteiger charge is 2.53. The summed E-state index contributed by atoms with van der Waals surface area (Å²) in [6, 6.07) is 0.570. The van der Waals surface area contributed by atoms with Gasteiger partial charge in [-0.1, -0.05) is 20.8 Å². The van der Waals surface area contributed by atoms with Crippen LogP contribution in [0.3, 0.4) is 0 Å². The van der Waals surface area contributed by atoms with Gasteiger partial charge < -0.3 is 4.90 Å². The van der Waals surface area contributed by atoms with Crippen molar-refractivity contribution in [2.45, 2.75) is 45.7 Å². The van der Waals surface area contributed by atoms with E-state index in [1.807, 2.05) is 4.90 Å². The fourth-order valence-corrected chi connectivity index (χ4v) is 2.13. The molecule has 0 aromatic heterocycles. The average molecular weight is 182 g/mol. The highest BCUT2D eigenvalue weighted by molar-refractivity contribution is 5.84. The van der Waals surface area contributed by atoms with Crippen LogP contribution in [0.25, 0.3) is 0 Å². The van der Waals surface area contributed by atoms with E-state index < -0.39 is 0 Å². The molecular weight excluding hydrogens is 164 g/mol. The average Bonchev–Trinajstić information content (AvgIpc) is 2.55. The van der Waals surface area contributed by atoms with Crippen LogP contribution in [0.5, 0.6) is 0 Å². The van der Waals surface area contributed by atoms with Crippen LogP contribution in [0.15, 0.2) is 0 Å². The van der Waals surface area contributed by atoms with Crippen LogP contribution >= 0.6 is 0 Å². The van der Waals surface area contributed by atoms with E-state index in [0.29, 0.717) is 17.4 Å². The molecule has 2 aliphatic rings. The largest absolute Gasteiger partial charge is 0.325 e. The van der Waals surface area contributed by atoms with Crippen molar-refractivity contribution in [1.82, 2.24) is 10.2 Å². The molecule has 2 unspecified atom stereocenters. The van der Waals surface area contributed by atoms with Crippen molar-refractivity contribution < 1.29 is 4.79 Å². The second-order valence-electron chi connectivity index (χ2n) is 4.84. The van der Waals surface area contributed by atoms with E-state index in [1.54, 1.807) is 0 Å². The summed E-state index contributed by atoms with van der Waals surface area (Å²) >= 11 is 0. The third-order valence-electron chi connectivity index (χ3n) is 3.34. The molecule has 1 saturated carbocycles. The van der Waals surface area contributed by atoms with Gasteiger partial charge in [-0.05, 0) is 18.3 Å². The van der Waals surface area contributed by atoms with E-state index >= 15 is 0 Å². The molecule has 3 nitrogen and oxygen atoms in total. The zero-order valence-electron chi connectivity index (χ0n) is 8.63. The Hall–Kier alpha value is -0.570. The first-order valence-electron chi connectivity index (χ1n) is 5.10. The molecule has 0 aromatic rings. The summed E-state index contributed by atoms with van der Waals surface area (Å²) in [6.07, 6.45) is 2.07. The van der Waals surface area contributed by atoms with Gasteiger partial charge in [0.2, 0.25) is 5.91 Å². The van der Waals surface area contributed by atoms with Gasteiger partial charge in [0.05, 0.1) is 12.7 Å². The Kier molecular flexibility index (Phi) is 1.88. The molecule has 0 radical (unpaired) electrons. The first-order chi connectivity index (χ1) is 6.06. The lowest BCUT2D eigenvalue weighted by Crippen LogP contribution is -2.33. The van der Waals surface area contributed by atoms with Crippen LogP contribution in [0.1, 0.15) is 33.6 Å². The summed E-state index contributed by atoms with van der Waals surface area (Å²) in [6.45, 7) is 7.26. The molecule has 1 N–H and O–H groups in total. The Morgan fingerprint density at radius 2 is 2.23 bits per heavy atom. The zero-order chi connectivity index (χ0) is 9.64. The minimum absolute atomic E-state index is 0.0800. The third-order valence-corrected chi connectivity index (χ3v) is 3.34. The van der Waals surface area contributed by atoms with Gasteiger partial charge in [-0.3, -0.25) is 10.1 Å². The Morgan fingerprint density at radius 3 is 2.62 bits per heavy atom. The molecule has 2 atom stereocenters. The predicted molar refractivity (Wildman–Crippen MR) is 51.1 cm³/mol. The number of rotatable bonds is 2. The van der Waals surface area contributed by atoms with Gasteiger partial charge in [0, 0.05) is 6.04 Å². The normalized spacial score (nSPS) is 36.8. The maximum atomic E-state index is 11.8. The van der Waals surface area contributed by atoms with Crippen molar-refractivity contribution in [3.8, 4) is 0 Å². The minimum atomic E-state index is 0.0800. The number of hydrogen-bond donors (Lipinski definition) is 1. The third kappa shape index (κ3) is 1.35. The molecule has 0 bridgehead atoms. The molecule has 0 aromatic carbocycles. The zero-order valence-corrected chi connectivity index (χ0v) is 8.63. The monoisotopic (exact) mass is 182 g/mol. The first-order valence-corrected chi connectivity index (χ1v) is 5.10. The number of nitrogens with one attached hydrogen (secondary N) is 1. The van der Waals surface area contributed by atoms with Crippen LogP contribution < -0.4 is 5.32 Å². The van der Waals surface area contributed by atoms with Crippen molar-refractivity contribution in [3.05, 3.63) is 0 Å². The summed E-state index contributed by atoms with van der Waals surface area (Å²) in [5.74, 6) is 0.304. The minimum Gasteiger partial charge on any atom is -0.325 e. The smallest absolute Gasteiger partial charge is 0.241 e. The molecule has 1 saturated heterocycles. The molecule has 2 fully saturated rings. The SMILES string of the molecule is CCC1NCN(C2CC2(C)C)C1=O. The lowest BCUT2D eigenvalue weighted by atomic mass is 10.1. The Balaban J connectivity index is 2.00. The molecule has 2 rings (SSSR count). The predicted octanol–water partition coefficient (Wildman–Crippen LogP) is 0.953. The van der Waals surface area contributed by atoms with Crippen molar-refractivity contribution in [2.24, 2.45) is 5.41 Å². The van der Waals surface area contributed by atoms with Crippen molar-refractivity contribution in [1.29, 1.82) is 0 Å². The highest BCUT2D eigenvalue weighted by Crippen LogP contribution is 2.49. The number of nitrogens with zero attached hydrogens (tertiary/aromatic N) is 1. The summed E-state index contributed by atoms with van der Waals surface area (Å²) in [5.41, 5.74) is 0.361. The summed E-state index contributed by atoms with van der Waals surface area (Å²) in [7, 11) is 0. The van der Waals surface area contributed by atoms with Crippen molar-refractivity contribution in [3.63, 3.8) is 0 Å². The lowest BCUT2D eigenvalue weighted by Gasteiger charge is -2.17. The molecule has 13 heavy (non-hydrogen) atoms. The van der Waals surface area contributed by atoms with Gasteiger partial charge in [0.1, 0.15) is 0 Å². The standard InChI is InChI=1S/C10H18N2O/c1-4-7-9(13)12(6-11-7)8-5-10(8,2)3/h7-8,11H,4-6H2,1-3H3. The lowest BCUT2D eigenvalue weighted by molar-refractivity contribution is -0.129. The number of amides is 1. The number of carbonyl (C=O) groups excluding carboxylic acids is 1. The number of hydrogen-bond acceptors (Lipinski definition) is 2. The van der Waals surface area contributed by atoms with E-state index in [4.69, 9.17) is 0 Å². The first kappa shape index (κ1) is 9.00. The quantitative estimate of drug-likeness (QED) is 0.689. The molecule has 0 spiro atoms. The molecule has 1 aliphatic heterocycles. The Labute approximate surface area is 79.5 Å². The van der Waals surface area contributed by atoms with Crippen LogP contribution in [0, 0.1) is 5.41 Å². The van der Waals surface area contributed by atoms with Crippen LogP contribution in [-0.4, -0.2) is 29.6 Å². The maximum Gasteiger partial charge on any atom is 0.241 e. The van der Waals surface area contributed by atoms with Crippen molar-refractivity contribution >= 4 is 5.91 Å². The Bertz CT molecular complexity index is 237. The van der Waals surface area contributed by atoms with Crippen LogP contribution in [0.4, 0.5) is 0 Å². The second-order valence-corrected chi connectivity index (χ2v) is 4.84. The van der Waals surface area contributed by atoms with Gasteiger partial charge in [-0.2, -0.15) is 0 Å². The van der Waals surface area contributed by atoms with Gasteiger partial charge in [-0.25, -0.2) is 0 Å². The number of carbonyl (C=O) groups is 1. The fraction of sp³-hybridized carbons (Fsp3) is 0.900. The van der Waals surface area contributed by atoms with Crippen LogP contribution in [-0.2, 0) is 4.79 Å². The second kappa shape index (κ2) is 2.71. The maximum absolute atomic E-state index is 11.8. The van der Waals surface area contributed by atoms with Crippen LogP contribution in [0.2, 0.25) is 0 Å². The van der Waals surface area contributed by atoms with Gasteiger partial charge in [-0.15, -0.1) is 0 Å². The fourth-order valence-electron chi connectivity index (χ4n) is 2.13. The Morgan fingerprint density at radius 1 is 1.62 bits per heavy atom. The molecule has 74 valence electrons. The topological polar surface area (TPSA) is 32.3 Å². The van der Waals surface area contributed by atoms with Gasteiger partial charge in [0.25, 0.3) is 0 Å². The molecule has 1 aliphatic carbocycles. The summed E-state index contributed by atoms with van der Waals surface area (Å²) < 4.78 is 0. The molecular formula is C10H18N2O. The summed E-state index contributed by atoms with van der Waals surface area (Å²) in [4.78, 5) is 13.8. The summed E-state index contributed by atoms with van der Waals surface area (Å²) in [5, 5.41) is 3.24. The van der Waals surface area contributed by atoms with E-state index in [9.17, 15) is 4.79 Å². The van der Waals surface area contributed by atoms with E-state index in [-0.39, 0.29) is 6.04 Å². The molecule has 1 amide bonds. The van der Waals surface area contributed by atoms with Gasteiger partial charge >= 0.3 is 0 Å². The van der Waals surface area contributed by atoms with Gasteiger partial charge in [0.15, 0.2) is 0 Å². The molecule has 3 heteroatoms. The van der Waals surface area contributed by atoms with E-state index in [1.165, 1.54) is 0 Å². The highest BCUT2D eigenvalue weighted by atomic mass is 16.2. The van der Waals surface area contributed by atoms with Crippen molar-refractivity contribution in [2.75, 3.05) is 6.67 Å². The van der Waals surface area contributed by atoms with E-state index in [2.05, 4.69) is 26.1 Å².